The first-order valence-electron chi connectivity index (χ1n) is 12.6. The molecule has 0 bridgehead atoms. The van der Waals surface area contributed by atoms with Crippen LogP contribution in [-0.4, -0.2) is 53.2 Å². The largest absolute Gasteiger partial charge is 0.451 e. The van der Waals surface area contributed by atoms with Crippen LogP contribution in [0.1, 0.15) is 41.8 Å². The number of rotatable bonds is 4. The smallest absolute Gasteiger partial charge is 0.349 e. The SMILES string of the molecule is Cc1nc(C)c(-c2ccc(-c3ccnc(C(F)(F)F)n3)nn2)c(C2CCN(C(=S)Nc3c(F)cccc3F)CC2)n1. The molecule has 8 nitrogen and oxygen atoms in total. The predicted octanol–water partition coefficient (Wildman–Crippen LogP) is 5.88. The van der Waals surface area contributed by atoms with Gasteiger partial charge in [-0.2, -0.15) is 13.2 Å². The van der Waals surface area contributed by atoms with Crippen molar-refractivity contribution in [2.24, 2.45) is 0 Å². The van der Waals surface area contributed by atoms with Crippen molar-refractivity contribution in [1.29, 1.82) is 0 Å². The Kier molecular flexibility index (Phi) is 7.84. The molecule has 4 heterocycles. The molecule has 3 aromatic heterocycles. The molecule has 1 saturated heterocycles. The van der Waals surface area contributed by atoms with Gasteiger partial charge in [0.15, 0.2) is 5.11 Å². The Labute approximate surface area is 237 Å². The Morgan fingerprint density at radius 2 is 1.56 bits per heavy atom. The summed E-state index contributed by atoms with van der Waals surface area (Å²) in [6.07, 6.45) is -2.36. The molecule has 212 valence electrons. The number of likely N-dealkylation sites (tertiary alicyclic amines) is 1. The van der Waals surface area contributed by atoms with Gasteiger partial charge in [-0.1, -0.05) is 6.07 Å². The number of benzene rings is 1. The molecule has 0 unspecified atom stereocenters. The van der Waals surface area contributed by atoms with Crippen LogP contribution in [0.3, 0.4) is 0 Å². The van der Waals surface area contributed by atoms with E-state index in [1.165, 1.54) is 12.1 Å². The van der Waals surface area contributed by atoms with E-state index in [1.54, 1.807) is 19.1 Å². The number of hydrogen-bond acceptors (Lipinski definition) is 7. The second-order valence-corrected chi connectivity index (χ2v) is 9.86. The predicted molar refractivity (Wildman–Crippen MR) is 145 cm³/mol. The van der Waals surface area contributed by atoms with Gasteiger partial charge in [-0.3, -0.25) is 0 Å². The van der Waals surface area contributed by atoms with Gasteiger partial charge in [-0.25, -0.2) is 28.7 Å². The molecule has 1 aliphatic rings. The van der Waals surface area contributed by atoms with Crippen LogP contribution in [0.4, 0.5) is 27.6 Å². The Hall–Kier alpha value is -4.20. The monoisotopic (exact) mass is 586 g/mol. The molecule has 0 saturated carbocycles. The molecule has 0 radical (unpaired) electrons. The maximum Gasteiger partial charge on any atom is 0.451 e. The molecule has 0 amide bonds. The zero-order valence-corrected chi connectivity index (χ0v) is 22.7. The van der Waals surface area contributed by atoms with Gasteiger partial charge in [0.2, 0.25) is 5.82 Å². The fourth-order valence-corrected chi connectivity index (χ4v) is 5.04. The zero-order chi connectivity index (χ0) is 29.3. The number of nitrogens with zero attached hydrogens (tertiary/aromatic N) is 7. The van der Waals surface area contributed by atoms with Gasteiger partial charge < -0.3 is 10.2 Å². The van der Waals surface area contributed by atoms with Gasteiger partial charge in [-0.05, 0) is 69.2 Å². The maximum atomic E-state index is 14.1. The summed E-state index contributed by atoms with van der Waals surface area (Å²) in [6, 6.07) is 8.13. The summed E-state index contributed by atoms with van der Waals surface area (Å²) in [6.45, 7) is 4.67. The second kappa shape index (κ2) is 11.4. The summed E-state index contributed by atoms with van der Waals surface area (Å²) in [5, 5.41) is 11.3. The van der Waals surface area contributed by atoms with Crippen LogP contribution >= 0.6 is 12.2 Å². The van der Waals surface area contributed by atoms with E-state index < -0.39 is 23.6 Å². The highest BCUT2D eigenvalue weighted by atomic mass is 32.1. The Morgan fingerprint density at radius 1 is 0.902 bits per heavy atom. The van der Waals surface area contributed by atoms with Crippen LogP contribution in [0.25, 0.3) is 22.6 Å². The van der Waals surface area contributed by atoms with Crippen LogP contribution in [0, 0.1) is 25.5 Å². The second-order valence-electron chi connectivity index (χ2n) is 9.47. The Bertz CT molecular complexity index is 1570. The molecule has 41 heavy (non-hydrogen) atoms. The maximum absolute atomic E-state index is 14.1. The topological polar surface area (TPSA) is 92.6 Å². The molecule has 1 fully saturated rings. The molecule has 4 aromatic rings. The fourth-order valence-electron chi connectivity index (χ4n) is 4.75. The van der Waals surface area contributed by atoms with Crippen LogP contribution in [0.5, 0.6) is 0 Å². The van der Waals surface area contributed by atoms with Crippen LogP contribution < -0.4 is 5.32 Å². The van der Waals surface area contributed by atoms with Crippen molar-refractivity contribution in [3.05, 3.63) is 77.3 Å². The molecule has 1 N–H and O–H groups in total. The fraction of sp³-hybridized carbons (Fsp3) is 0.296. The molecule has 1 aromatic carbocycles. The third-order valence-corrected chi connectivity index (χ3v) is 7.05. The van der Waals surface area contributed by atoms with Gasteiger partial charge in [0.1, 0.15) is 28.8 Å². The van der Waals surface area contributed by atoms with Crippen molar-refractivity contribution in [2.75, 3.05) is 18.4 Å². The van der Waals surface area contributed by atoms with E-state index in [0.29, 0.717) is 48.7 Å². The minimum absolute atomic E-state index is 0.00399. The van der Waals surface area contributed by atoms with E-state index in [9.17, 15) is 22.0 Å². The Balaban J connectivity index is 1.35. The van der Waals surface area contributed by atoms with E-state index in [-0.39, 0.29) is 28.1 Å². The number of thiocarbonyl (C=S) groups is 1. The number of hydrogen-bond donors (Lipinski definition) is 1. The number of alkyl halides is 3. The lowest BCUT2D eigenvalue weighted by Crippen LogP contribution is -2.41. The van der Waals surface area contributed by atoms with Gasteiger partial charge in [0.25, 0.3) is 0 Å². The highest BCUT2D eigenvalue weighted by molar-refractivity contribution is 7.80. The highest BCUT2D eigenvalue weighted by Gasteiger charge is 2.35. The summed E-state index contributed by atoms with van der Waals surface area (Å²) >= 11 is 5.42. The molecule has 14 heteroatoms. The summed E-state index contributed by atoms with van der Waals surface area (Å²) < 4.78 is 67.3. The van der Waals surface area contributed by atoms with Crippen molar-refractivity contribution < 1.29 is 22.0 Å². The molecule has 1 aliphatic heterocycles. The first-order chi connectivity index (χ1) is 19.5. The van der Waals surface area contributed by atoms with Crippen molar-refractivity contribution in [1.82, 2.24) is 35.0 Å². The lowest BCUT2D eigenvalue weighted by molar-refractivity contribution is -0.144. The van der Waals surface area contributed by atoms with Gasteiger partial charge in [0.05, 0.1) is 22.8 Å². The summed E-state index contributed by atoms with van der Waals surface area (Å²) in [4.78, 5) is 17.9. The van der Waals surface area contributed by atoms with Gasteiger partial charge >= 0.3 is 6.18 Å². The summed E-state index contributed by atoms with van der Waals surface area (Å²) in [5.74, 6) is -2.13. The number of nitrogens with one attached hydrogen (secondary N) is 1. The van der Waals surface area contributed by atoms with E-state index in [0.717, 1.165) is 24.0 Å². The van der Waals surface area contributed by atoms with Crippen molar-refractivity contribution in [3.63, 3.8) is 0 Å². The minimum atomic E-state index is -4.68. The first-order valence-corrected chi connectivity index (χ1v) is 13.0. The average molecular weight is 587 g/mol. The number of anilines is 1. The molecule has 0 aliphatic carbocycles. The molecular formula is C27H23F5N8S. The molecule has 5 rings (SSSR count). The number of aromatic nitrogens is 6. The lowest BCUT2D eigenvalue weighted by atomic mass is 9.89. The van der Waals surface area contributed by atoms with Crippen LogP contribution in [0.15, 0.2) is 42.6 Å². The Morgan fingerprint density at radius 3 is 2.20 bits per heavy atom. The molecule has 0 spiro atoms. The normalized spacial score (nSPS) is 14.3. The van der Waals surface area contributed by atoms with E-state index >= 15 is 0 Å². The summed E-state index contributed by atoms with van der Waals surface area (Å²) in [7, 11) is 0. The number of piperidine rings is 1. The standard InChI is InChI=1S/C27H23F5N8S/c1-14-22(21-7-6-20(38-39-21)19-8-11-33-25(36-19)27(30,31)32)23(35-15(2)34-14)16-9-12-40(13-10-16)26(41)37-24-17(28)4-3-5-18(24)29/h3-8,11,16H,9-10,12-13H2,1-2H3,(H,37,41). The van der Waals surface area contributed by atoms with Gasteiger partial charge in [0, 0.05) is 30.8 Å². The van der Waals surface area contributed by atoms with E-state index in [4.69, 9.17) is 17.2 Å². The zero-order valence-electron chi connectivity index (χ0n) is 21.9. The van der Waals surface area contributed by atoms with E-state index in [2.05, 4.69) is 30.5 Å². The number of para-hydroxylation sites is 1. The van der Waals surface area contributed by atoms with Crippen molar-refractivity contribution in [3.8, 4) is 22.6 Å². The molecular weight excluding hydrogens is 563 g/mol. The van der Waals surface area contributed by atoms with Crippen molar-refractivity contribution in [2.45, 2.75) is 38.8 Å². The number of halogens is 5. The van der Waals surface area contributed by atoms with Gasteiger partial charge in [-0.15, -0.1) is 10.2 Å². The van der Waals surface area contributed by atoms with Crippen LogP contribution in [0.2, 0.25) is 0 Å². The third kappa shape index (κ3) is 6.11. The average Bonchev–Trinajstić information content (AvgIpc) is 2.94. The lowest BCUT2D eigenvalue weighted by Gasteiger charge is -2.34. The number of aryl methyl sites for hydroxylation is 2. The quantitative estimate of drug-likeness (QED) is 0.232. The molecule has 0 atom stereocenters. The minimum Gasteiger partial charge on any atom is -0.349 e. The first kappa shape index (κ1) is 28.3. The third-order valence-electron chi connectivity index (χ3n) is 6.69. The van der Waals surface area contributed by atoms with Crippen LogP contribution in [-0.2, 0) is 6.18 Å². The highest BCUT2D eigenvalue weighted by Crippen LogP contribution is 2.35. The summed E-state index contributed by atoms with van der Waals surface area (Å²) in [5.41, 5.74) is 2.50. The van der Waals surface area contributed by atoms with Crippen molar-refractivity contribution >= 4 is 23.0 Å². The van der Waals surface area contributed by atoms with E-state index in [1.807, 2.05) is 11.8 Å².